The predicted molar refractivity (Wildman–Crippen MR) is 78.8 cm³/mol. The zero-order valence-corrected chi connectivity index (χ0v) is 12.6. The molecule has 1 N–H and O–H groups in total. The minimum atomic E-state index is -0.351. The van der Waals surface area contributed by atoms with Gasteiger partial charge in [0, 0.05) is 22.9 Å². The van der Waals surface area contributed by atoms with Crippen LogP contribution in [0.4, 0.5) is 0 Å². The lowest BCUT2D eigenvalue weighted by Gasteiger charge is -2.12. The molecule has 2 aromatic heterocycles. The largest absolute Gasteiger partial charge is 0.349 e. The van der Waals surface area contributed by atoms with Crippen molar-refractivity contribution in [2.45, 2.75) is 25.8 Å². The summed E-state index contributed by atoms with van der Waals surface area (Å²) in [6.07, 6.45) is 5.25. The average Bonchev–Trinajstić information content (AvgIpc) is 3.24. The number of rotatable bonds is 3. The Balaban J connectivity index is 1.96. The molecule has 1 aliphatic rings. The first-order valence-electron chi connectivity index (χ1n) is 6.54. The quantitative estimate of drug-likeness (QED) is 0.932. The van der Waals surface area contributed by atoms with Gasteiger partial charge >= 0.3 is 0 Å². The molecule has 1 unspecified atom stereocenters. The maximum atomic E-state index is 12.3. The van der Waals surface area contributed by atoms with Crippen molar-refractivity contribution in [1.82, 2.24) is 14.7 Å². The van der Waals surface area contributed by atoms with E-state index >= 15 is 0 Å². The van der Waals surface area contributed by atoms with Crippen LogP contribution >= 0.6 is 15.9 Å². The number of hydrogen-bond acceptors (Lipinski definition) is 3. The number of hydrogen-bond donors (Lipinski definition) is 1. The van der Waals surface area contributed by atoms with Crippen LogP contribution in [0.5, 0.6) is 0 Å². The topological polar surface area (TPSA) is 63.5 Å². The van der Waals surface area contributed by atoms with E-state index in [-0.39, 0.29) is 23.1 Å². The molecule has 20 heavy (non-hydrogen) atoms. The summed E-state index contributed by atoms with van der Waals surface area (Å²) in [6, 6.07) is 3.63. The number of amides is 1. The summed E-state index contributed by atoms with van der Waals surface area (Å²) in [4.78, 5) is 28.6. The molecule has 104 valence electrons. The summed E-state index contributed by atoms with van der Waals surface area (Å²) < 4.78 is 2.14. The molecule has 1 atom stereocenters. The zero-order chi connectivity index (χ0) is 14.3. The molecular weight excluding hydrogens is 322 g/mol. The van der Waals surface area contributed by atoms with Crippen LogP contribution in [0.1, 0.15) is 30.1 Å². The van der Waals surface area contributed by atoms with E-state index in [1.807, 2.05) is 6.92 Å². The van der Waals surface area contributed by atoms with E-state index in [1.54, 1.807) is 18.3 Å². The number of fused-ring (bicyclic) bond motifs is 1. The van der Waals surface area contributed by atoms with Gasteiger partial charge in [-0.2, -0.15) is 0 Å². The van der Waals surface area contributed by atoms with Crippen molar-refractivity contribution in [3.8, 4) is 0 Å². The van der Waals surface area contributed by atoms with Crippen molar-refractivity contribution in [3.05, 3.63) is 44.9 Å². The third-order valence-corrected chi connectivity index (χ3v) is 4.07. The molecule has 0 saturated heterocycles. The molecule has 0 radical (unpaired) electrons. The van der Waals surface area contributed by atoms with E-state index in [2.05, 4.69) is 26.2 Å². The van der Waals surface area contributed by atoms with Gasteiger partial charge in [-0.25, -0.2) is 4.98 Å². The molecule has 0 aliphatic heterocycles. The smallest absolute Gasteiger partial charge is 0.270 e. The van der Waals surface area contributed by atoms with Gasteiger partial charge in [-0.15, -0.1) is 0 Å². The molecule has 3 rings (SSSR count). The Morgan fingerprint density at radius 3 is 2.95 bits per heavy atom. The van der Waals surface area contributed by atoms with E-state index in [4.69, 9.17) is 0 Å². The monoisotopic (exact) mass is 335 g/mol. The Bertz CT molecular complexity index is 737. The van der Waals surface area contributed by atoms with Gasteiger partial charge in [0.25, 0.3) is 11.5 Å². The summed E-state index contributed by atoms with van der Waals surface area (Å²) in [6.45, 7) is 1.97. The van der Waals surface area contributed by atoms with Gasteiger partial charge in [0.2, 0.25) is 0 Å². The molecule has 2 aromatic rings. The highest BCUT2D eigenvalue weighted by Crippen LogP contribution is 2.32. The van der Waals surface area contributed by atoms with Crippen molar-refractivity contribution < 1.29 is 4.79 Å². The number of carbonyl (C=O) groups is 1. The van der Waals surface area contributed by atoms with Crippen LogP contribution in [0.3, 0.4) is 0 Å². The lowest BCUT2D eigenvalue weighted by Crippen LogP contribution is -2.37. The molecule has 1 saturated carbocycles. The van der Waals surface area contributed by atoms with Crippen LogP contribution in [-0.2, 0) is 0 Å². The fraction of sp³-hybridized carbons (Fsp3) is 0.357. The molecule has 1 fully saturated rings. The van der Waals surface area contributed by atoms with E-state index in [1.165, 1.54) is 10.6 Å². The van der Waals surface area contributed by atoms with Gasteiger partial charge in [0.05, 0.1) is 0 Å². The summed E-state index contributed by atoms with van der Waals surface area (Å²) in [5.74, 6) is 0.195. The van der Waals surface area contributed by atoms with Gasteiger partial charge in [0.1, 0.15) is 11.2 Å². The number of carbonyl (C=O) groups excluding carboxylic acids is 1. The van der Waals surface area contributed by atoms with Crippen molar-refractivity contribution in [3.63, 3.8) is 0 Å². The second kappa shape index (κ2) is 5.01. The normalized spacial score (nSPS) is 16.1. The van der Waals surface area contributed by atoms with Crippen LogP contribution in [-0.4, -0.2) is 21.3 Å². The molecule has 1 aliphatic carbocycles. The van der Waals surface area contributed by atoms with Crippen molar-refractivity contribution >= 4 is 27.5 Å². The minimum absolute atomic E-state index is 0.0769. The van der Waals surface area contributed by atoms with Gasteiger partial charge in [0.15, 0.2) is 0 Å². The summed E-state index contributed by atoms with van der Waals surface area (Å²) in [5, 5.41) is 2.87. The molecular formula is C14H14BrN3O2. The standard InChI is InChI=1S/C14H14BrN3O2/c1-8(9-2-3-9)17-13(19)11-6-16-12-5-4-10(15)7-18(12)14(11)20/h4-9H,2-3H2,1H3,(H,17,19). The van der Waals surface area contributed by atoms with E-state index < -0.39 is 0 Å². The number of nitrogens with zero attached hydrogens (tertiary/aromatic N) is 2. The highest BCUT2D eigenvalue weighted by atomic mass is 79.9. The average molecular weight is 336 g/mol. The first-order valence-corrected chi connectivity index (χ1v) is 7.33. The Hall–Kier alpha value is -1.69. The lowest BCUT2D eigenvalue weighted by molar-refractivity contribution is 0.0934. The fourth-order valence-electron chi connectivity index (χ4n) is 2.20. The third kappa shape index (κ3) is 2.47. The van der Waals surface area contributed by atoms with Crippen molar-refractivity contribution in [2.24, 2.45) is 5.92 Å². The molecule has 5 nitrogen and oxygen atoms in total. The second-order valence-electron chi connectivity index (χ2n) is 5.15. The zero-order valence-electron chi connectivity index (χ0n) is 11.0. The first-order chi connectivity index (χ1) is 9.56. The minimum Gasteiger partial charge on any atom is -0.349 e. The number of halogens is 1. The van der Waals surface area contributed by atoms with Crippen LogP contribution in [0, 0.1) is 5.92 Å². The van der Waals surface area contributed by atoms with E-state index in [9.17, 15) is 9.59 Å². The maximum Gasteiger partial charge on any atom is 0.270 e. The molecule has 2 heterocycles. The summed E-state index contributed by atoms with van der Waals surface area (Å²) in [7, 11) is 0. The first kappa shape index (κ1) is 13.3. The Morgan fingerprint density at radius 1 is 1.50 bits per heavy atom. The van der Waals surface area contributed by atoms with E-state index in [0.717, 1.165) is 17.3 Å². The predicted octanol–water partition coefficient (Wildman–Crippen LogP) is 1.99. The molecule has 1 amide bonds. The van der Waals surface area contributed by atoms with E-state index in [0.29, 0.717) is 11.6 Å². The lowest BCUT2D eigenvalue weighted by atomic mass is 10.2. The second-order valence-corrected chi connectivity index (χ2v) is 6.07. The van der Waals surface area contributed by atoms with Crippen LogP contribution in [0.25, 0.3) is 5.65 Å². The maximum absolute atomic E-state index is 12.3. The van der Waals surface area contributed by atoms with Crippen LogP contribution in [0.2, 0.25) is 0 Å². The number of pyridine rings is 1. The molecule has 0 bridgehead atoms. The van der Waals surface area contributed by atoms with Crippen LogP contribution in [0.15, 0.2) is 33.8 Å². The van der Waals surface area contributed by atoms with Gasteiger partial charge in [-0.3, -0.25) is 14.0 Å². The Morgan fingerprint density at radius 2 is 2.25 bits per heavy atom. The van der Waals surface area contributed by atoms with Crippen LogP contribution < -0.4 is 10.9 Å². The van der Waals surface area contributed by atoms with Crippen molar-refractivity contribution in [2.75, 3.05) is 0 Å². The number of nitrogens with one attached hydrogen (secondary N) is 1. The number of aromatic nitrogens is 2. The fourth-order valence-corrected chi connectivity index (χ4v) is 2.54. The molecule has 0 spiro atoms. The van der Waals surface area contributed by atoms with Gasteiger partial charge in [-0.05, 0) is 53.7 Å². The van der Waals surface area contributed by atoms with Crippen molar-refractivity contribution in [1.29, 1.82) is 0 Å². The summed E-state index contributed by atoms with van der Waals surface area (Å²) in [5.41, 5.74) is 0.245. The van der Waals surface area contributed by atoms with Gasteiger partial charge in [-0.1, -0.05) is 0 Å². The summed E-state index contributed by atoms with van der Waals surface area (Å²) >= 11 is 3.31. The Labute approximate surface area is 124 Å². The SMILES string of the molecule is CC(NC(=O)c1cnc2ccc(Br)cn2c1=O)C1CC1. The highest BCUT2D eigenvalue weighted by Gasteiger charge is 2.29. The molecule has 0 aromatic carbocycles. The third-order valence-electron chi connectivity index (χ3n) is 3.60. The molecule has 6 heteroatoms. The highest BCUT2D eigenvalue weighted by molar-refractivity contribution is 9.10. The Kier molecular flexibility index (Phi) is 3.33. The van der Waals surface area contributed by atoms with Gasteiger partial charge < -0.3 is 5.32 Å².